The number of carbonyl (C=O) groups excluding carboxylic acids is 5. The van der Waals surface area contributed by atoms with E-state index in [1.54, 1.807) is 0 Å². The van der Waals surface area contributed by atoms with Crippen LogP contribution in [0.4, 0.5) is 0 Å². The second kappa shape index (κ2) is 7.11. The molecule has 2 fully saturated rings. The molecule has 1 heterocycles. The standard InChI is InChI=1S/C16H21NO7/c1-17-12(19)9-10(14(17)21)24-13(20)6-8-16(15(22)23-2)7-4-3-5-11(16)18/h10H,3-9H2,1-2H3/t10-,16+/m0/s1. The zero-order chi connectivity index (χ0) is 17.9. The van der Waals surface area contributed by atoms with Crippen molar-refractivity contribution in [3.8, 4) is 0 Å². The molecule has 2 aliphatic rings. The predicted molar refractivity (Wildman–Crippen MR) is 79.4 cm³/mol. The van der Waals surface area contributed by atoms with Gasteiger partial charge in [0.2, 0.25) is 5.91 Å². The Balaban J connectivity index is 1.98. The molecule has 2 amide bonds. The lowest BCUT2D eigenvalue weighted by atomic mass is 9.70. The van der Waals surface area contributed by atoms with Crippen LogP contribution < -0.4 is 0 Å². The average molecular weight is 339 g/mol. The summed E-state index contributed by atoms with van der Waals surface area (Å²) < 4.78 is 9.79. The van der Waals surface area contributed by atoms with Crippen LogP contribution in [0.1, 0.15) is 44.9 Å². The molecule has 0 bridgehead atoms. The molecule has 0 aromatic rings. The van der Waals surface area contributed by atoms with Gasteiger partial charge in [0.05, 0.1) is 13.5 Å². The summed E-state index contributed by atoms with van der Waals surface area (Å²) in [7, 11) is 2.54. The molecule has 1 aliphatic carbocycles. The fraction of sp³-hybridized carbons (Fsp3) is 0.688. The molecular formula is C16H21NO7. The van der Waals surface area contributed by atoms with Gasteiger partial charge in [0.1, 0.15) is 11.2 Å². The van der Waals surface area contributed by atoms with Crippen LogP contribution in [0.3, 0.4) is 0 Å². The molecule has 2 rings (SSSR count). The van der Waals surface area contributed by atoms with Crippen LogP contribution in [0.25, 0.3) is 0 Å². The molecule has 1 saturated heterocycles. The number of imide groups is 1. The van der Waals surface area contributed by atoms with Gasteiger partial charge in [0, 0.05) is 19.9 Å². The Hall–Kier alpha value is -2.25. The quantitative estimate of drug-likeness (QED) is 0.404. The van der Waals surface area contributed by atoms with Crippen LogP contribution in [0.2, 0.25) is 0 Å². The van der Waals surface area contributed by atoms with Crippen LogP contribution in [0.5, 0.6) is 0 Å². The van der Waals surface area contributed by atoms with Crippen molar-refractivity contribution in [2.24, 2.45) is 5.41 Å². The number of likely N-dealkylation sites (tertiary alicyclic amines) is 1. The SMILES string of the molecule is COC(=O)[C@@]1(CCC(=O)O[C@H]2CC(=O)N(C)C2=O)CCCCC1=O. The molecule has 1 saturated carbocycles. The summed E-state index contributed by atoms with van der Waals surface area (Å²) in [4.78, 5) is 60.4. The Morgan fingerprint density at radius 2 is 1.96 bits per heavy atom. The first kappa shape index (κ1) is 18.1. The maximum atomic E-state index is 12.3. The number of hydrogen-bond donors (Lipinski definition) is 0. The predicted octanol–water partition coefficient (Wildman–Crippen LogP) is 0.370. The van der Waals surface area contributed by atoms with Gasteiger partial charge in [-0.25, -0.2) is 0 Å². The van der Waals surface area contributed by atoms with E-state index < -0.39 is 35.3 Å². The molecule has 0 unspecified atom stereocenters. The number of hydrogen-bond acceptors (Lipinski definition) is 7. The molecule has 1 aliphatic heterocycles. The number of methoxy groups -OCH3 is 1. The number of nitrogens with zero attached hydrogens (tertiary/aromatic N) is 1. The molecule has 2 atom stereocenters. The summed E-state index contributed by atoms with van der Waals surface area (Å²) in [6.07, 6.45) is 0.543. The molecule has 8 nitrogen and oxygen atoms in total. The number of amides is 2. The molecule has 0 aromatic heterocycles. The van der Waals surface area contributed by atoms with E-state index in [9.17, 15) is 24.0 Å². The van der Waals surface area contributed by atoms with Crippen molar-refractivity contribution >= 4 is 29.5 Å². The lowest BCUT2D eigenvalue weighted by Crippen LogP contribution is -2.43. The third-order valence-corrected chi connectivity index (χ3v) is 4.74. The van der Waals surface area contributed by atoms with Gasteiger partial charge >= 0.3 is 11.9 Å². The Morgan fingerprint density at radius 3 is 2.50 bits per heavy atom. The van der Waals surface area contributed by atoms with Gasteiger partial charge < -0.3 is 9.47 Å². The van der Waals surface area contributed by atoms with Crippen molar-refractivity contribution in [2.45, 2.75) is 51.0 Å². The summed E-state index contributed by atoms with van der Waals surface area (Å²) in [5.41, 5.74) is -1.31. The van der Waals surface area contributed by atoms with Gasteiger partial charge in [-0.15, -0.1) is 0 Å². The topological polar surface area (TPSA) is 107 Å². The van der Waals surface area contributed by atoms with E-state index in [1.807, 2.05) is 0 Å². The number of esters is 2. The fourth-order valence-corrected chi connectivity index (χ4v) is 3.22. The maximum absolute atomic E-state index is 12.3. The average Bonchev–Trinajstić information content (AvgIpc) is 2.80. The molecular weight excluding hydrogens is 318 g/mol. The number of likely N-dealkylation sites (N-methyl/N-ethyl adjacent to an activating group) is 1. The highest BCUT2D eigenvalue weighted by Gasteiger charge is 2.48. The van der Waals surface area contributed by atoms with Crippen LogP contribution in [-0.4, -0.2) is 54.7 Å². The van der Waals surface area contributed by atoms with E-state index in [1.165, 1.54) is 14.2 Å². The van der Waals surface area contributed by atoms with E-state index in [0.717, 1.165) is 4.90 Å². The van der Waals surface area contributed by atoms with Crippen molar-refractivity contribution in [1.82, 2.24) is 4.90 Å². The Kier molecular flexibility index (Phi) is 5.36. The van der Waals surface area contributed by atoms with E-state index in [4.69, 9.17) is 9.47 Å². The summed E-state index contributed by atoms with van der Waals surface area (Å²) in [6, 6.07) is 0. The first-order chi connectivity index (χ1) is 11.3. The highest BCUT2D eigenvalue weighted by molar-refractivity contribution is 6.06. The summed E-state index contributed by atoms with van der Waals surface area (Å²) in [5, 5.41) is 0. The van der Waals surface area contributed by atoms with Crippen molar-refractivity contribution < 1.29 is 33.4 Å². The molecule has 24 heavy (non-hydrogen) atoms. The van der Waals surface area contributed by atoms with Gasteiger partial charge in [0.15, 0.2) is 6.10 Å². The minimum atomic E-state index is -1.31. The Labute approximate surface area is 139 Å². The van der Waals surface area contributed by atoms with Gasteiger partial charge in [-0.1, -0.05) is 6.42 Å². The van der Waals surface area contributed by atoms with E-state index in [-0.39, 0.29) is 31.5 Å². The summed E-state index contributed by atoms with van der Waals surface area (Å²) in [6.45, 7) is 0. The smallest absolute Gasteiger partial charge is 0.319 e. The minimum Gasteiger partial charge on any atom is -0.468 e. The highest BCUT2D eigenvalue weighted by atomic mass is 16.5. The lowest BCUT2D eigenvalue weighted by Gasteiger charge is -2.32. The van der Waals surface area contributed by atoms with Crippen molar-refractivity contribution in [3.63, 3.8) is 0 Å². The van der Waals surface area contributed by atoms with E-state index in [2.05, 4.69) is 0 Å². The lowest BCUT2D eigenvalue weighted by molar-refractivity contribution is -0.163. The largest absolute Gasteiger partial charge is 0.468 e. The normalized spacial score (nSPS) is 27.3. The fourth-order valence-electron chi connectivity index (χ4n) is 3.22. The number of ketones is 1. The Morgan fingerprint density at radius 1 is 1.25 bits per heavy atom. The highest BCUT2D eigenvalue weighted by Crippen LogP contribution is 2.38. The molecule has 0 spiro atoms. The first-order valence-electron chi connectivity index (χ1n) is 7.93. The Bertz CT molecular complexity index is 575. The number of carbonyl (C=O) groups is 5. The van der Waals surface area contributed by atoms with Crippen LogP contribution in [-0.2, 0) is 33.4 Å². The zero-order valence-corrected chi connectivity index (χ0v) is 13.8. The van der Waals surface area contributed by atoms with E-state index in [0.29, 0.717) is 19.3 Å². The number of ether oxygens (including phenoxy) is 2. The first-order valence-corrected chi connectivity index (χ1v) is 7.93. The number of rotatable bonds is 5. The molecule has 8 heteroatoms. The van der Waals surface area contributed by atoms with Crippen molar-refractivity contribution in [2.75, 3.05) is 14.2 Å². The monoisotopic (exact) mass is 339 g/mol. The summed E-state index contributed by atoms with van der Waals surface area (Å²) >= 11 is 0. The second-order valence-corrected chi connectivity index (χ2v) is 6.18. The molecule has 0 N–H and O–H groups in total. The van der Waals surface area contributed by atoms with Gasteiger partial charge in [-0.05, 0) is 19.3 Å². The summed E-state index contributed by atoms with van der Waals surface area (Å²) in [5.74, 6) is -2.54. The van der Waals surface area contributed by atoms with Crippen LogP contribution in [0, 0.1) is 5.41 Å². The molecule has 0 aromatic carbocycles. The van der Waals surface area contributed by atoms with Crippen LogP contribution in [0.15, 0.2) is 0 Å². The molecule has 132 valence electrons. The van der Waals surface area contributed by atoms with E-state index >= 15 is 0 Å². The number of Topliss-reactive ketones (excluding diaryl/α,β-unsaturated/α-hetero) is 1. The maximum Gasteiger partial charge on any atom is 0.319 e. The van der Waals surface area contributed by atoms with Gasteiger partial charge in [-0.3, -0.25) is 28.9 Å². The third-order valence-electron chi connectivity index (χ3n) is 4.74. The third kappa shape index (κ3) is 3.32. The molecule has 0 radical (unpaired) electrons. The minimum absolute atomic E-state index is 0.0119. The second-order valence-electron chi connectivity index (χ2n) is 6.18. The van der Waals surface area contributed by atoms with Crippen molar-refractivity contribution in [3.05, 3.63) is 0 Å². The van der Waals surface area contributed by atoms with Gasteiger partial charge in [-0.2, -0.15) is 0 Å². The van der Waals surface area contributed by atoms with Gasteiger partial charge in [0.25, 0.3) is 5.91 Å². The van der Waals surface area contributed by atoms with Crippen LogP contribution >= 0.6 is 0 Å². The van der Waals surface area contributed by atoms with Crippen molar-refractivity contribution in [1.29, 1.82) is 0 Å². The zero-order valence-electron chi connectivity index (χ0n) is 13.8.